The molecule has 0 aliphatic carbocycles. The first-order chi connectivity index (χ1) is 6.88. The fraction of sp³-hybridized carbons (Fsp3) is 0.800. The van der Waals surface area contributed by atoms with Crippen molar-refractivity contribution in [2.75, 3.05) is 34.3 Å². The van der Waals surface area contributed by atoms with Gasteiger partial charge in [-0.1, -0.05) is 0 Å². The molecule has 5 nitrogen and oxygen atoms in total. The van der Waals surface area contributed by atoms with Crippen LogP contribution >= 0.6 is 0 Å². The molecule has 0 N–H and O–H groups in total. The van der Waals surface area contributed by atoms with E-state index in [1.165, 1.54) is 12.0 Å². The van der Waals surface area contributed by atoms with E-state index in [9.17, 15) is 9.59 Å². The highest BCUT2D eigenvalue weighted by molar-refractivity contribution is 5.79. The predicted molar refractivity (Wildman–Crippen MR) is 57.4 cm³/mol. The SMILES string of the molecule is COC(=O)CN(CC(=O)N(C)C)C(C)C. The number of likely N-dealkylation sites (N-methyl/N-ethyl adjacent to an activating group) is 1. The first kappa shape index (κ1) is 13.9. The zero-order valence-electron chi connectivity index (χ0n) is 10.1. The third-order valence-electron chi connectivity index (χ3n) is 2.13. The maximum absolute atomic E-state index is 11.5. The van der Waals surface area contributed by atoms with E-state index in [0.29, 0.717) is 0 Å². The molecule has 0 unspecified atom stereocenters. The van der Waals surface area contributed by atoms with Crippen LogP contribution in [-0.4, -0.2) is 62.0 Å². The van der Waals surface area contributed by atoms with Gasteiger partial charge in [-0.2, -0.15) is 0 Å². The molecule has 0 spiro atoms. The summed E-state index contributed by atoms with van der Waals surface area (Å²) in [5.41, 5.74) is 0. The summed E-state index contributed by atoms with van der Waals surface area (Å²) in [5, 5.41) is 0. The number of amides is 1. The lowest BCUT2D eigenvalue weighted by Gasteiger charge is -2.25. The second kappa shape index (κ2) is 6.40. The van der Waals surface area contributed by atoms with Crippen molar-refractivity contribution in [2.24, 2.45) is 0 Å². The molecule has 1 amide bonds. The average molecular weight is 216 g/mol. The van der Waals surface area contributed by atoms with Crippen molar-refractivity contribution in [3.63, 3.8) is 0 Å². The highest BCUT2D eigenvalue weighted by atomic mass is 16.5. The maximum Gasteiger partial charge on any atom is 0.319 e. The van der Waals surface area contributed by atoms with Crippen LogP contribution in [0.25, 0.3) is 0 Å². The molecule has 15 heavy (non-hydrogen) atoms. The number of nitrogens with zero attached hydrogens (tertiary/aromatic N) is 2. The molecule has 0 saturated carbocycles. The Labute approximate surface area is 91.0 Å². The van der Waals surface area contributed by atoms with Crippen LogP contribution in [0.1, 0.15) is 13.8 Å². The van der Waals surface area contributed by atoms with Gasteiger partial charge in [-0.15, -0.1) is 0 Å². The molecular formula is C10H20N2O3. The molecule has 88 valence electrons. The monoisotopic (exact) mass is 216 g/mol. The van der Waals surface area contributed by atoms with Crippen molar-refractivity contribution in [3.05, 3.63) is 0 Å². The molecule has 0 radical (unpaired) electrons. The largest absolute Gasteiger partial charge is 0.468 e. The molecule has 5 heteroatoms. The van der Waals surface area contributed by atoms with Gasteiger partial charge in [-0.05, 0) is 13.8 Å². The molecular weight excluding hydrogens is 196 g/mol. The zero-order valence-corrected chi connectivity index (χ0v) is 10.1. The van der Waals surface area contributed by atoms with Crippen molar-refractivity contribution in [1.82, 2.24) is 9.80 Å². The van der Waals surface area contributed by atoms with Gasteiger partial charge in [0.25, 0.3) is 0 Å². The molecule has 0 rings (SSSR count). The van der Waals surface area contributed by atoms with Gasteiger partial charge in [0.05, 0.1) is 20.2 Å². The standard InChI is InChI=1S/C10H20N2O3/c1-8(2)12(7-10(14)15-5)6-9(13)11(3)4/h8H,6-7H2,1-5H3. The van der Waals surface area contributed by atoms with Crippen LogP contribution in [0.3, 0.4) is 0 Å². The lowest BCUT2D eigenvalue weighted by atomic mass is 10.3. The summed E-state index contributed by atoms with van der Waals surface area (Å²) in [4.78, 5) is 25.8. The van der Waals surface area contributed by atoms with E-state index in [2.05, 4.69) is 4.74 Å². The summed E-state index contributed by atoms with van der Waals surface area (Å²) in [5.74, 6) is -0.345. The highest BCUT2D eigenvalue weighted by Gasteiger charge is 2.18. The summed E-state index contributed by atoms with van der Waals surface area (Å²) >= 11 is 0. The number of carbonyl (C=O) groups is 2. The molecule has 0 aromatic rings. The normalized spacial score (nSPS) is 10.6. The number of methoxy groups -OCH3 is 1. The maximum atomic E-state index is 11.5. The number of ether oxygens (including phenoxy) is 1. The minimum absolute atomic E-state index is 0.0207. The topological polar surface area (TPSA) is 49.9 Å². The molecule has 0 aromatic carbocycles. The molecule has 0 saturated heterocycles. The van der Waals surface area contributed by atoms with E-state index in [-0.39, 0.29) is 31.0 Å². The lowest BCUT2D eigenvalue weighted by Crippen LogP contribution is -2.43. The first-order valence-corrected chi connectivity index (χ1v) is 4.89. The Hall–Kier alpha value is -1.10. The van der Waals surface area contributed by atoms with E-state index in [1.807, 2.05) is 13.8 Å². The molecule has 0 heterocycles. The van der Waals surface area contributed by atoms with Gasteiger partial charge >= 0.3 is 5.97 Å². The Morgan fingerprint density at radius 3 is 2.07 bits per heavy atom. The smallest absolute Gasteiger partial charge is 0.319 e. The van der Waals surface area contributed by atoms with Gasteiger partial charge in [0.15, 0.2) is 0 Å². The van der Waals surface area contributed by atoms with Gasteiger partial charge in [-0.3, -0.25) is 14.5 Å². The van der Waals surface area contributed by atoms with Gasteiger partial charge < -0.3 is 9.64 Å². The van der Waals surface area contributed by atoms with Crippen LogP contribution < -0.4 is 0 Å². The Kier molecular flexibility index (Phi) is 5.93. The van der Waals surface area contributed by atoms with Crippen molar-refractivity contribution >= 4 is 11.9 Å². The number of hydrogen-bond acceptors (Lipinski definition) is 4. The van der Waals surface area contributed by atoms with E-state index in [1.54, 1.807) is 19.0 Å². The highest BCUT2D eigenvalue weighted by Crippen LogP contribution is 1.99. The summed E-state index contributed by atoms with van der Waals surface area (Å²) in [6.07, 6.45) is 0. The second-order valence-electron chi connectivity index (χ2n) is 3.86. The fourth-order valence-corrected chi connectivity index (χ4v) is 0.967. The van der Waals surface area contributed by atoms with Crippen LogP contribution in [0.5, 0.6) is 0 Å². The summed E-state index contributed by atoms with van der Waals surface area (Å²) < 4.78 is 4.57. The first-order valence-electron chi connectivity index (χ1n) is 4.89. The van der Waals surface area contributed by atoms with E-state index in [4.69, 9.17) is 0 Å². The van der Waals surface area contributed by atoms with Gasteiger partial charge in [-0.25, -0.2) is 0 Å². The fourth-order valence-electron chi connectivity index (χ4n) is 0.967. The van der Waals surface area contributed by atoms with Crippen molar-refractivity contribution in [3.8, 4) is 0 Å². The molecule has 0 aliphatic heterocycles. The third-order valence-corrected chi connectivity index (χ3v) is 2.13. The van der Waals surface area contributed by atoms with E-state index in [0.717, 1.165) is 0 Å². The van der Waals surface area contributed by atoms with Crippen LogP contribution in [0.15, 0.2) is 0 Å². The quantitative estimate of drug-likeness (QED) is 0.605. The molecule has 0 atom stereocenters. The second-order valence-corrected chi connectivity index (χ2v) is 3.86. The Morgan fingerprint density at radius 2 is 1.73 bits per heavy atom. The van der Waals surface area contributed by atoms with Crippen LogP contribution in [0.2, 0.25) is 0 Å². The number of esters is 1. The van der Waals surface area contributed by atoms with Crippen LogP contribution in [0.4, 0.5) is 0 Å². The van der Waals surface area contributed by atoms with Gasteiger partial charge in [0.2, 0.25) is 5.91 Å². The zero-order chi connectivity index (χ0) is 12.0. The molecule has 0 aromatic heterocycles. The summed E-state index contributed by atoms with van der Waals surface area (Å²) in [6, 6.07) is 0.132. The average Bonchev–Trinajstić information content (AvgIpc) is 2.15. The number of rotatable bonds is 5. The number of hydrogen-bond donors (Lipinski definition) is 0. The molecule has 0 aliphatic rings. The lowest BCUT2D eigenvalue weighted by molar-refractivity contribution is -0.143. The van der Waals surface area contributed by atoms with E-state index < -0.39 is 0 Å². The Bertz CT molecular complexity index is 227. The van der Waals surface area contributed by atoms with Crippen molar-refractivity contribution in [1.29, 1.82) is 0 Å². The summed E-state index contributed by atoms with van der Waals surface area (Å²) in [7, 11) is 4.73. The van der Waals surface area contributed by atoms with Crippen LogP contribution in [-0.2, 0) is 14.3 Å². The molecule has 0 bridgehead atoms. The van der Waals surface area contributed by atoms with Gasteiger partial charge in [0, 0.05) is 20.1 Å². The Morgan fingerprint density at radius 1 is 1.20 bits per heavy atom. The number of carbonyl (C=O) groups excluding carboxylic acids is 2. The van der Waals surface area contributed by atoms with Crippen LogP contribution in [0, 0.1) is 0 Å². The molecule has 0 fully saturated rings. The minimum atomic E-state index is -0.324. The Balaban J connectivity index is 4.28. The minimum Gasteiger partial charge on any atom is -0.468 e. The van der Waals surface area contributed by atoms with Gasteiger partial charge in [0.1, 0.15) is 0 Å². The predicted octanol–water partition coefficient (Wildman–Crippen LogP) is -0.0420. The van der Waals surface area contributed by atoms with Crippen molar-refractivity contribution < 1.29 is 14.3 Å². The third kappa shape index (κ3) is 5.37. The van der Waals surface area contributed by atoms with Crippen molar-refractivity contribution in [2.45, 2.75) is 19.9 Å². The van der Waals surface area contributed by atoms with E-state index >= 15 is 0 Å². The summed E-state index contributed by atoms with van der Waals surface area (Å²) in [6.45, 7) is 4.26.